The Labute approximate surface area is 145 Å². The van der Waals surface area contributed by atoms with Gasteiger partial charge in [0.05, 0.1) is 30.0 Å². The van der Waals surface area contributed by atoms with Crippen molar-refractivity contribution in [2.24, 2.45) is 0 Å². The number of aryl methyl sites for hydroxylation is 3. The zero-order valence-electron chi connectivity index (χ0n) is 14.4. The molecule has 4 aromatic rings. The van der Waals surface area contributed by atoms with Gasteiger partial charge < -0.3 is 9.09 Å². The van der Waals surface area contributed by atoms with Crippen molar-refractivity contribution in [1.29, 1.82) is 0 Å². The quantitative estimate of drug-likeness (QED) is 0.615. The van der Waals surface area contributed by atoms with E-state index in [1.807, 2.05) is 51.4 Å². The van der Waals surface area contributed by atoms with Crippen molar-refractivity contribution in [1.82, 2.24) is 24.9 Å². The number of rotatable bonds is 4. The van der Waals surface area contributed by atoms with E-state index in [1.165, 1.54) is 0 Å². The van der Waals surface area contributed by atoms with Gasteiger partial charge in [0.1, 0.15) is 11.5 Å². The van der Waals surface area contributed by atoms with Gasteiger partial charge in [-0.15, -0.1) is 0 Å². The molecule has 6 heteroatoms. The van der Waals surface area contributed by atoms with Gasteiger partial charge in [-0.3, -0.25) is 5.10 Å². The molecule has 0 saturated carbocycles. The summed E-state index contributed by atoms with van der Waals surface area (Å²) in [6.45, 7) is 6.53. The second-order valence-electron chi connectivity index (χ2n) is 6.17. The summed E-state index contributed by atoms with van der Waals surface area (Å²) < 4.78 is 7.40. The number of benzene rings is 1. The maximum atomic E-state index is 5.30. The standard InChI is InChI=1S/C19H19N5O/c1-12-9-17(22-21-12)19-18(15-7-5-4-6-8-15)20-11-24(19)10-16-13(2)23-25-14(16)3/h4-9,11H,10H2,1-3H3,(H,21,22). The van der Waals surface area contributed by atoms with Gasteiger partial charge in [-0.25, -0.2) is 4.98 Å². The molecule has 0 radical (unpaired) electrons. The largest absolute Gasteiger partial charge is 0.361 e. The van der Waals surface area contributed by atoms with Crippen LogP contribution in [0, 0.1) is 20.8 Å². The molecule has 1 N–H and O–H groups in total. The Bertz CT molecular complexity index is 990. The van der Waals surface area contributed by atoms with Gasteiger partial charge in [-0.2, -0.15) is 5.10 Å². The lowest BCUT2D eigenvalue weighted by atomic mass is 10.1. The van der Waals surface area contributed by atoms with Crippen LogP contribution in [0.1, 0.15) is 22.7 Å². The van der Waals surface area contributed by atoms with Gasteiger partial charge >= 0.3 is 0 Å². The first-order valence-corrected chi connectivity index (χ1v) is 8.18. The smallest absolute Gasteiger partial charge is 0.138 e. The van der Waals surface area contributed by atoms with Crippen LogP contribution in [0.5, 0.6) is 0 Å². The van der Waals surface area contributed by atoms with Crippen molar-refractivity contribution in [2.75, 3.05) is 0 Å². The summed E-state index contributed by atoms with van der Waals surface area (Å²) in [5.74, 6) is 0.830. The van der Waals surface area contributed by atoms with Crippen LogP contribution in [-0.4, -0.2) is 24.9 Å². The highest BCUT2D eigenvalue weighted by molar-refractivity contribution is 5.77. The summed E-state index contributed by atoms with van der Waals surface area (Å²) in [5, 5.41) is 11.5. The minimum atomic E-state index is 0.641. The maximum Gasteiger partial charge on any atom is 0.138 e. The van der Waals surface area contributed by atoms with Crippen LogP contribution in [0.25, 0.3) is 22.6 Å². The second-order valence-corrected chi connectivity index (χ2v) is 6.17. The molecule has 0 amide bonds. The van der Waals surface area contributed by atoms with Crippen LogP contribution >= 0.6 is 0 Å². The van der Waals surface area contributed by atoms with Crippen LogP contribution < -0.4 is 0 Å². The minimum Gasteiger partial charge on any atom is -0.361 e. The molecule has 1 aromatic carbocycles. The third-order valence-corrected chi connectivity index (χ3v) is 4.34. The molecule has 3 heterocycles. The average Bonchev–Trinajstić information content (AvgIpc) is 3.31. The number of nitrogens with one attached hydrogen (secondary N) is 1. The highest BCUT2D eigenvalue weighted by Crippen LogP contribution is 2.31. The first-order valence-electron chi connectivity index (χ1n) is 8.18. The van der Waals surface area contributed by atoms with E-state index >= 15 is 0 Å². The fourth-order valence-corrected chi connectivity index (χ4v) is 3.02. The number of hydrogen-bond acceptors (Lipinski definition) is 4. The van der Waals surface area contributed by atoms with Crippen LogP contribution in [0.3, 0.4) is 0 Å². The Morgan fingerprint density at radius 3 is 2.56 bits per heavy atom. The van der Waals surface area contributed by atoms with Gasteiger partial charge in [-0.1, -0.05) is 35.5 Å². The molecule has 3 aromatic heterocycles. The van der Waals surface area contributed by atoms with E-state index in [4.69, 9.17) is 4.52 Å². The lowest BCUT2D eigenvalue weighted by Gasteiger charge is -2.08. The third kappa shape index (κ3) is 2.76. The van der Waals surface area contributed by atoms with E-state index in [0.717, 1.165) is 45.4 Å². The van der Waals surface area contributed by atoms with E-state index in [1.54, 1.807) is 0 Å². The summed E-state index contributed by atoms with van der Waals surface area (Å²) >= 11 is 0. The number of aromatic amines is 1. The lowest BCUT2D eigenvalue weighted by molar-refractivity contribution is 0.392. The number of hydrogen-bond donors (Lipinski definition) is 1. The molecule has 0 aliphatic heterocycles. The fourth-order valence-electron chi connectivity index (χ4n) is 3.02. The molecule has 0 spiro atoms. The molecular formula is C19H19N5O. The monoisotopic (exact) mass is 333 g/mol. The van der Waals surface area contributed by atoms with Crippen molar-refractivity contribution in [2.45, 2.75) is 27.3 Å². The Hall–Kier alpha value is -3.15. The number of nitrogens with zero attached hydrogens (tertiary/aromatic N) is 4. The normalized spacial score (nSPS) is 11.2. The Balaban J connectivity index is 1.86. The van der Waals surface area contributed by atoms with E-state index in [9.17, 15) is 0 Å². The lowest BCUT2D eigenvalue weighted by Crippen LogP contribution is -2.03. The predicted octanol–water partition coefficient (Wildman–Crippen LogP) is 3.90. The van der Waals surface area contributed by atoms with Crippen molar-refractivity contribution < 1.29 is 4.52 Å². The first kappa shape index (κ1) is 15.4. The van der Waals surface area contributed by atoms with E-state index in [2.05, 4.69) is 37.0 Å². The Morgan fingerprint density at radius 2 is 1.92 bits per heavy atom. The summed E-state index contributed by atoms with van der Waals surface area (Å²) in [6, 6.07) is 12.2. The molecule has 6 nitrogen and oxygen atoms in total. The molecule has 4 rings (SSSR count). The SMILES string of the molecule is Cc1cc(-c2c(-c3ccccc3)ncn2Cc2c(C)noc2C)n[nH]1. The van der Waals surface area contributed by atoms with Gasteiger partial charge in [0.25, 0.3) is 0 Å². The predicted molar refractivity (Wildman–Crippen MR) is 95.1 cm³/mol. The van der Waals surface area contributed by atoms with Gasteiger partial charge in [0, 0.05) is 16.8 Å². The van der Waals surface area contributed by atoms with Gasteiger partial charge in [0.2, 0.25) is 0 Å². The molecule has 25 heavy (non-hydrogen) atoms. The molecule has 0 aliphatic rings. The molecule has 0 saturated heterocycles. The molecule has 0 bridgehead atoms. The zero-order chi connectivity index (χ0) is 17.4. The van der Waals surface area contributed by atoms with Crippen LogP contribution in [0.4, 0.5) is 0 Å². The number of aromatic nitrogens is 5. The van der Waals surface area contributed by atoms with Crippen molar-refractivity contribution >= 4 is 0 Å². The Kier molecular flexibility index (Phi) is 3.72. The molecule has 0 aliphatic carbocycles. The van der Waals surface area contributed by atoms with Gasteiger partial charge in [-0.05, 0) is 26.8 Å². The second kappa shape index (κ2) is 6.05. The third-order valence-electron chi connectivity index (χ3n) is 4.34. The van der Waals surface area contributed by atoms with E-state index in [0.29, 0.717) is 6.54 Å². The summed E-state index contributed by atoms with van der Waals surface area (Å²) in [7, 11) is 0. The fraction of sp³-hybridized carbons (Fsp3) is 0.211. The number of imidazole rings is 1. The molecule has 0 atom stereocenters. The molecule has 0 unspecified atom stereocenters. The zero-order valence-corrected chi connectivity index (χ0v) is 14.4. The van der Waals surface area contributed by atoms with Crippen LogP contribution in [-0.2, 0) is 6.54 Å². The average molecular weight is 333 g/mol. The highest BCUT2D eigenvalue weighted by Gasteiger charge is 2.19. The van der Waals surface area contributed by atoms with Crippen LogP contribution in [0.15, 0.2) is 47.2 Å². The summed E-state index contributed by atoms with van der Waals surface area (Å²) in [4.78, 5) is 4.67. The Morgan fingerprint density at radius 1 is 1.12 bits per heavy atom. The van der Waals surface area contributed by atoms with Crippen molar-refractivity contribution in [3.05, 3.63) is 65.4 Å². The first-order chi connectivity index (χ1) is 12.1. The molecule has 0 fully saturated rings. The van der Waals surface area contributed by atoms with E-state index in [-0.39, 0.29) is 0 Å². The highest BCUT2D eigenvalue weighted by atomic mass is 16.5. The van der Waals surface area contributed by atoms with Crippen molar-refractivity contribution in [3.63, 3.8) is 0 Å². The van der Waals surface area contributed by atoms with Gasteiger partial charge in [0.15, 0.2) is 0 Å². The maximum absolute atomic E-state index is 5.30. The summed E-state index contributed by atoms with van der Waals surface area (Å²) in [6.07, 6.45) is 1.85. The minimum absolute atomic E-state index is 0.641. The topological polar surface area (TPSA) is 72.5 Å². The van der Waals surface area contributed by atoms with Crippen LogP contribution in [0.2, 0.25) is 0 Å². The molecular weight excluding hydrogens is 314 g/mol. The number of H-pyrrole nitrogens is 1. The van der Waals surface area contributed by atoms with Crippen molar-refractivity contribution in [3.8, 4) is 22.6 Å². The molecule has 126 valence electrons. The summed E-state index contributed by atoms with van der Waals surface area (Å²) in [5.41, 5.74) is 6.83. The van der Waals surface area contributed by atoms with E-state index < -0.39 is 0 Å².